The number of aliphatic hydroxyl groups excluding tert-OH is 1. The zero-order valence-electron chi connectivity index (χ0n) is 16.7. The molecule has 6 heteroatoms. The highest BCUT2D eigenvalue weighted by atomic mass is 16.7. The molecular formula is C22H32O6. The van der Waals surface area contributed by atoms with Crippen LogP contribution in [-0.2, 0) is 18.9 Å². The maximum atomic E-state index is 12.1. The summed E-state index contributed by atoms with van der Waals surface area (Å²) in [5.41, 5.74) is 1.40. The predicted molar refractivity (Wildman–Crippen MR) is 99.3 cm³/mol. The molecular weight excluding hydrogens is 360 g/mol. The van der Waals surface area contributed by atoms with Crippen molar-refractivity contribution in [1.82, 2.24) is 0 Å². The van der Waals surface area contributed by atoms with Crippen molar-refractivity contribution >= 4 is 0 Å². The first-order chi connectivity index (χ1) is 13.4. The molecule has 2 aliphatic heterocycles. The Labute approximate surface area is 166 Å². The first kappa shape index (κ1) is 18.3. The van der Waals surface area contributed by atoms with Crippen LogP contribution in [0.25, 0.3) is 0 Å². The molecule has 0 radical (unpaired) electrons. The second-order valence-corrected chi connectivity index (χ2v) is 10.1. The fraction of sp³-hybridized carbons (Fsp3) is 0.909. The van der Waals surface area contributed by atoms with Crippen LogP contribution >= 0.6 is 0 Å². The van der Waals surface area contributed by atoms with E-state index in [2.05, 4.69) is 6.92 Å². The number of rotatable bonds is 0. The standard InChI is InChI=1S/C22H32O6/c1-19-13-16(23)18-15-3-5-20(25-8-9-26-20)12-14(15)2-6-21(18,24)17(19)4-7-22(19)27-10-11-28-22/h16-18,23-24H,2-13H2,1H3/t16-,17-,18+,19?,21+/m1/s1. The fourth-order valence-electron chi connectivity index (χ4n) is 7.95. The molecule has 0 aromatic heterocycles. The average molecular weight is 392 g/mol. The summed E-state index contributed by atoms with van der Waals surface area (Å²) in [7, 11) is 0. The average Bonchev–Trinajstić information content (AvgIpc) is 3.38. The molecule has 0 aromatic rings. The maximum absolute atomic E-state index is 12.1. The Morgan fingerprint density at radius 3 is 2.39 bits per heavy atom. The number of ether oxygens (including phenoxy) is 4. The molecule has 2 heterocycles. The van der Waals surface area contributed by atoms with Crippen molar-refractivity contribution in [2.45, 2.75) is 81.6 Å². The van der Waals surface area contributed by atoms with Crippen molar-refractivity contribution in [3.05, 3.63) is 11.1 Å². The zero-order valence-corrected chi connectivity index (χ0v) is 16.7. The summed E-state index contributed by atoms with van der Waals surface area (Å²) < 4.78 is 24.2. The van der Waals surface area contributed by atoms with Gasteiger partial charge in [-0.2, -0.15) is 0 Å². The monoisotopic (exact) mass is 392 g/mol. The highest BCUT2D eigenvalue weighted by Crippen LogP contribution is 2.67. The molecule has 0 bridgehead atoms. The summed E-state index contributed by atoms with van der Waals surface area (Å²) in [5, 5.41) is 23.4. The molecule has 1 unspecified atom stereocenters. The van der Waals surface area contributed by atoms with Crippen molar-refractivity contribution < 1.29 is 29.2 Å². The van der Waals surface area contributed by atoms with Gasteiger partial charge in [0.05, 0.1) is 38.1 Å². The van der Waals surface area contributed by atoms with E-state index < -0.39 is 23.3 Å². The summed E-state index contributed by atoms with van der Waals surface area (Å²) in [6, 6.07) is 0. The van der Waals surface area contributed by atoms with Crippen LogP contribution in [0.5, 0.6) is 0 Å². The molecule has 2 saturated carbocycles. The minimum Gasteiger partial charge on any atom is -0.392 e. The van der Waals surface area contributed by atoms with Crippen LogP contribution in [0.15, 0.2) is 11.1 Å². The van der Waals surface area contributed by atoms with Gasteiger partial charge in [0.15, 0.2) is 11.6 Å². The van der Waals surface area contributed by atoms with E-state index in [1.54, 1.807) is 0 Å². The van der Waals surface area contributed by atoms with Gasteiger partial charge in [-0.1, -0.05) is 18.1 Å². The van der Waals surface area contributed by atoms with E-state index in [1.165, 1.54) is 11.1 Å². The molecule has 6 nitrogen and oxygen atoms in total. The van der Waals surface area contributed by atoms with Crippen LogP contribution in [0.4, 0.5) is 0 Å². The van der Waals surface area contributed by atoms with Crippen LogP contribution < -0.4 is 0 Å². The van der Waals surface area contributed by atoms with Crippen LogP contribution in [0.2, 0.25) is 0 Å². The molecule has 5 atom stereocenters. The van der Waals surface area contributed by atoms with Crippen LogP contribution in [0, 0.1) is 17.3 Å². The zero-order chi connectivity index (χ0) is 19.2. The number of hydrogen-bond donors (Lipinski definition) is 2. The van der Waals surface area contributed by atoms with Gasteiger partial charge < -0.3 is 29.2 Å². The van der Waals surface area contributed by atoms with Crippen molar-refractivity contribution in [1.29, 1.82) is 0 Å². The third-order valence-corrected chi connectivity index (χ3v) is 9.04. The molecule has 156 valence electrons. The minimum absolute atomic E-state index is 0.0930. The molecule has 28 heavy (non-hydrogen) atoms. The SMILES string of the molecule is CC12C[C@@H](O)[C@@H]3C4=C(CC[C@]3(O)[C@@H]1CCC21OCCO1)CC1(CC4)OCCO1. The fourth-order valence-corrected chi connectivity index (χ4v) is 7.95. The van der Waals surface area contributed by atoms with E-state index >= 15 is 0 Å². The van der Waals surface area contributed by atoms with Gasteiger partial charge in [-0.25, -0.2) is 0 Å². The van der Waals surface area contributed by atoms with Crippen molar-refractivity contribution in [2.75, 3.05) is 26.4 Å². The quantitative estimate of drug-likeness (QED) is 0.616. The van der Waals surface area contributed by atoms with Crippen LogP contribution in [0.1, 0.15) is 58.3 Å². The van der Waals surface area contributed by atoms with Crippen LogP contribution in [-0.4, -0.2) is 59.9 Å². The van der Waals surface area contributed by atoms with Gasteiger partial charge in [0.2, 0.25) is 0 Å². The van der Waals surface area contributed by atoms with E-state index in [9.17, 15) is 10.2 Å². The lowest BCUT2D eigenvalue weighted by molar-refractivity contribution is -0.274. The highest BCUT2D eigenvalue weighted by Gasteiger charge is 2.71. The largest absolute Gasteiger partial charge is 0.392 e. The minimum atomic E-state index is -0.883. The Bertz CT molecular complexity index is 706. The normalized spacial score (nSPS) is 48.8. The van der Waals surface area contributed by atoms with Gasteiger partial charge in [-0.15, -0.1) is 0 Å². The Kier molecular flexibility index (Phi) is 3.79. The molecule has 4 fully saturated rings. The molecule has 4 aliphatic carbocycles. The van der Waals surface area contributed by atoms with Crippen molar-refractivity contribution in [3.63, 3.8) is 0 Å². The van der Waals surface area contributed by atoms with Crippen LogP contribution in [0.3, 0.4) is 0 Å². The number of hydrogen-bond acceptors (Lipinski definition) is 6. The van der Waals surface area contributed by atoms with Gasteiger partial charge in [-0.05, 0) is 38.0 Å². The topological polar surface area (TPSA) is 77.4 Å². The van der Waals surface area contributed by atoms with E-state index in [1.807, 2.05) is 0 Å². The van der Waals surface area contributed by atoms with E-state index in [0.29, 0.717) is 39.3 Å². The van der Waals surface area contributed by atoms with E-state index in [-0.39, 0.29) is 17.3 Å². The number of fused-ring (bicyclic) bond motifs is 5. The smallest absolute Gasteiger partial charge is 0.174 e. The summed E-state index contributed by atoms with van der Waals surface area (Å²) in [6.45, 7) is 4.73. The Morgan fingerprint density at radius 2 is 1.64 bits per heavy atom. The lowest BCUT2D eigenvalue weighted by Gasteiger charge is -2.60. The second kappa shape index (κ2) is 5.80. The third-order valence-electron chi connectivity index (χ3n) is 9.04. The summed E-state index contributed by atoms with van der Waals surface area (Å²) >= 11 is 0. The molecule has 2 N–H and O–H groups in total. The van der Waals surface area contributed by atoms with Crippen molar-refractivity contribution in [3.8, 4) is 0 Å². The van der Waals surface area contributed by atoms with Gasteiger partial charge in [0.1, 0.15) is 0 Å². The van der Waals surface area contributed by atoms with Gasteiger partial charge in [0.25, 0.3) is 0 Å². The van der Waals surface area contributed by atoms with Crippen molar-refractivity contribution in [2.24, 2.45) is 17.3 Å². The Morgan fingerprint density at radius 1 is 0.929 bits per heavy atom. The molecule has 6 aliphatic rings. The first-order valence-electron chi connectivity index (χ1n) is 11.1. The van der Waals surface area contributed by atoms with Gasteiger partial charge >= 0.3 is 0 Å². The molecule has 2 saturated heterocycles. The number of aliphatic hydroxyl groups is 2. The highest BCUT2D eigenvalue weighted by molar-refractivity contribution is 5.34. The molecule has 0 aromatic carbocycles. The first-order valence-corrected chi connectivity index (χ1v) is 11.1. The Balaban J connectivity index is 1.37. The predicted octanol–water partition coefficient (Wildman–Crippen LogP) is 2.28. The lowest BCUT2D eigenvalue weighted by Crippen LogP contribution is -2.65. The Hall–Kier alpha value is -0.500. The second-order valence-electron chi connectivity index (χ2n) is 10.1. The maximum Gasteiger partial charge on any atom is 0.174 e. The lowest BCUT2D eigenvalue weighted by atomic mass is 9.50. The summed E-state index contributed by atoms with van der Waals surface area (Å²) in [6.07, 6.45) is 5.79. The third kappa shape index (κ3) is 2.14. The summed E-state index contributed by atoms with van der Waals surface area (Å²) in [5.74, 6) is -1.17. The van der Waals surface area contributed by atoms with E-state index in [0.717, 1.165) is 38.5 Å². The van der Waals surface area contributed by atoms with Gasteiger partial charge in [-0.3, -0.25) is 0 Å². The molecule has 0 amide bonds. The molecule has 6 rings (SSSR count). The van der Waals surface area contributed by atoms with Gasteiger partial charge in [0, 0.05) is 30.6 Å². The summed E-state index contributed by atoms with van der Waals surface area (Å²) in [4.78, 5) is 0. The van der Waals surface area contributed by atoms with E-state index in [4.69, 9.17) is 18.9 Å². The molecule has 2 spiro atoms.